The lowest BCUT2D eigenvalue weighted by Gasteiger charge is -2.46. The van der Waals surface area contributed by atoms with Crippen molar-refractivity contribution in [3.8, 4) is 0 Å². The van der Waals surface area contributed by atoms with Gasteiger partial charge in [-0.1, -0.05) is 33.6 Å². The molecule has 2 saturated carbocycles. The van der Waals surface area contributed by atoms with Crippen LogP contribution in [-0.2, 0) is 0 Å². The number of hydrogen-bond acceptors (Lipinski definition) is 2. The third-order valence-corrected chi connectivity index (χ3v) is 5.66. The van der Waals surface area contributed by atoms with Gasteiger partial charge < -0.3 is 10.2 Å². The van der Waals surface area contributed by atoms with E-state index in [1.165, 1.54) is 64.6 Å². The summed E-state index contributed by atoms with van der Waals surface area (Å²) in [7, 11) is 2.34. The van der Waals surface area contributed by atoms with Crippen molar-refractivity contribution in [2.24, 2.45) is 17.3 Å². The molecule has 0 aromatic rings. The Bertz CT molecular complexity index is 283. The molecule has 0 radical (unpaired) electrons. The fourth-order valence-corrected chi connectivity index (χ4v) is 4.31. The minimum atomic E-state index is 0.468. The highest BCUT2D eigenvalue weighted by Crippen LogP contribution is 2.39. The van der Waals surface area contributed by atoms with Crippen LogP contribution in [0.3, 0.4) is 0 Å². The first-order valence-corrected chi connectivity index (χ1v) is 8.95. The number of nitrogens with one attached hydrogen (secondary N) is 1. The van der Waals surface area contributed by atoms with Crippen LogP contribution in [0.4, 0.5) is 0 Å². The van der Waals surface area contributed by atoms with E-state index in [-0.39, 0.29) is 0 Å². The Balaban J connectivity index is 1.88. The van der Waals surface area contributed by atoms with Crippen LogP contribution in [0.25, 0.3) is 0 Å². The lowest BCUT2D eigenvalue weighted by Crippen LogP contribution is -2.53. The zero-order valence-corrected chi connectivity index (χ0v) is 14.3. The van der Waals surface area contributed by atoms with Gasteiger partial charge >= 0.3 is 0 Å². The molecule has 20 heavy (non-hydrogen) atoms. The Kier molecular flexibility index (Phi) is 5.92. The third kappa shape index (κ3) is 4.21. The van der Waals surface area contributed by atoms with Crippen LogP contribution in [-0.4, -0.2) is 37.6 Å². The second-order valence-electron chi connectivity index (χ2n) is 8.09. The van der Waals surface area contributed by atoms with Crippen LogP contribution in [0.2, 0.25) is 0 Å². The molecule has 118 valence electrons. The van der Waals surface area contributed by atoms with E-state index in [1.807, 2.05) is 0 Å². The van der Waals surface area contributed by atoms with Crippen LogP contribution in [0.5, 0.6) is 0 Å². The Morgan fingerprint density at radius 3 is 2.45 bits per heavy atom. The molecule has 2 nitrogen and oxygen atoms in total. The highest BCUT2D eigenvalue weighted by atomic mass is 15.1. The molecular formula is C18H36N2. The predicted octanol–water partition coefficient (Wildman–Crippen LogP) is 3.91. The molecule has 0 heterocycles. The first kappa shape index (κ1) is 16.3. The lowest BCUT2D eigenvalue weighted by molar-refractivity contribution is 0.0768. The predicted molar refractivity (Wildman–Crippen MR) is 88.0 cm³/mol. The molecular weight excluding hydrogens is 244 g/mol. The van der Waals surface area contributed by atoms with E-state index in [2.05, 4.69) is 38.0 Å². The Morgan fingerprint density at radius 1 is 1.10 bits per heavy atom. The van der Waals surface area contributed by atoms with Crippen LogP contribution >= 0.6 is 0 Å². The standard InChI is InChI=1S/C18H36N2/c1-5-12-19-17-16(10-7-11-18(17,2)3)14-20(4)13-15-8-6-9-15/h15-17,19H,5-14H2,1-4H3. The first-order chi connectivity index (χ1) is 9.53. The maximum atomic E-state index is 3.87. The molecule has 0 spiro atoms. The normalized spacial score (nSPS) is 30.4. The van der Waals surface area contributed by atoms with Gasteiger partial charge in [0.05, 0.1) is 0 Å². The number of rotatable bonds is 7. The smallest absolute Gasteiger partial charge is 0.0159 e. The summed E-state index contributed by atoms with van der Waals surface area (Å²) in [5.41, 5.74) is 0.468. The molecule has 0 aliphatic heterocycles. The van der Waals surface area contributed by atoms with Crippen molar-refractivity contribution in [3.05, 3.63) is 0 Å². The van der Waals surface area contributed by atoms with Gasteiger partial charge in [0.15, 0.2) is 0 Å². The van der Waals surface area contributed by atoms with Gasteiger partial charge in [-0.25, -0.2) is 0 Å². The SMILES string of the molecule is CCCNC1C(CN(C)CC2CCC2)CCCC1(C)C. The molecule has 2 rings (SSSR count). The van der Waals surface area contributed by atoms with Gasteiger partial charge in [0.2, 0.25) is 0 Å². The Labute approximate surface area is 126 Å². The van der Waals surface area contributed by atoms with E-state index in [4.69, 9.17) is 0 Å². The topological polar surface area (TPSA) is 15.3 Å². The number of hydrogen-bond donors (Lipinski definition) is 1. The summed E-state index contributed by atoms with van der Waals surface area (Å²) in [5.74, 6) is 1.84. The molecule has 0 amide bonds. The molecule has 2 aliphatic rings. The van der Waals surface area contributed by atoms with Crippen molar-refractivity contribution < 1.29 is 0 Å². The van der Waals surface area contributed by atoms with Gasteiger partial charge in [-0.3, -0.25) is 0 Å². The van der Waals surface area contributed by atoms with Crippen molar-refractivity contribution in [3.63, 3.8) is 0 Å². The fraction of sp³-hybridized carbons (Fsp3) is 1.00. The van der Waals surface area contributed by atoms with Gasteiger partial charge in [-0.15, -0.1) is 0 Å². The van der Waals surface area contributed by atoms with Crippen molar-refractivity contribution >= 4 is 0 Å². The van der Waals surface area contributed by atoms with Crippen molar-refractivity contribution in [2.45, 2.75) is 71.8 Å². The molecule has 2 aliphatic carbocycles. The monoisotopic (exact) mass is 280 g/mol. The van der Waals surface area contributed by atoms with Crippen molar-refractivity contribution in [1.29, 1.82) is 0 Å². The minimum absolute atomic E-state index is 0.468. The highest BCUT2D eigenvalue weighted by Gasteiger charge is 2.38. The van der Waals surface area contributed by atoms with Gasteiger partial charge in [-0.05, 0) is 62.9 Å². The van der Waals surface area contributed by atoms with Crippen LogP contribution < -0.4 is 5.32 Å². The molecule has 2 unspecified atom stereocenters. The van der Waals surface area contributed by atoms with E-state index in [0.717, 1.165) is 11.8 Å². The van der Waals surface area contributed by atoms with E-state index < -0.39 is 0 Å². The Morgan fingerprint density at radius 2 is 1.85 bits per heavy atom. The average molecular weight is 280 g/mol. The summed E-state index contributed by atoms with van der Waals surface area (Å²) < 4.78 is 0. The van der Waals surface area contributed by atoms with Crippen LogP contribution in [0.15, 0.2) is 0 Å². The molecule has 2 heteroatoms. The van der Waals surface area contributed by atoms with Crippen molar-refractivity contribution in [2.75, 3.05) is 26.7 Å². The van der Waals surface area contributed by atoms with Gasteiger partial charge in [0.1, 0.15) is 0 Å². The summed E-state index contributed by atoms with van der Waals surface area (Å²) >= 11 is 0. The minimum Gasteiger partial charge on any atom is -0.313 e. The van der Waals surface area contributed by atoms with Gasteiger partial charge in [-0.2, -0.15) is 0 Å². The van der Waals surface area contributed by atoms with E-state index in [0.29, 0.717) is 11.5 Å². The Hall–Kier alpha value is -0.0800. The van der Waals surface area contributed by atoms with Gasteiger partial charge in [0, 0.05) is 19.1 Å². The van der Waals surface area contributed by atoms with E-state index in [1.54, 1.807) is 0 Å². The zero-order chi connectivity index (χ0) is 14.6. The molecule has 2 atom stereocenters. The molecule has 2 fully saturated rings. The summed E-state index contributed by atoms with van der Waals surface area (Å²) in [6.45, 7) is 11.0. The maximum absolute atomic E-state index is 3.87. The largest absolute Gasteiger partial charge is 0.313 e. The number of nitrogens with zero attached hydrogens (tertiary/aromatic N) is 1. The van der Waals surface area contributed by atoms with Crippen LogP contribution in [0.1, 0.15) is 65.7 Å². The summed E-state index contributed by atoms with van der Waals surface area (Å²) in [6, 6.07) is 0.708. The summed E-state index contributed by atoms with van der Waals surface area (Å²) in [5, 5.41) is 3.87. The molecule has 0 bridgehead atoms. The molecule has 0 saturated heterocycles. The van der Waals surface area contributed by atoms with E-state index >= 15 is 0 Å². The average Bonchev–Trinajstić information content (AvgIpc) is 2.32. The first-order valence-electron chi connectivity index (χ1n) is 8.95. The fourth-order valence-electron chi connectivity index (χ4n) is 4.31. The van der Waals surface area contributed by atoms with Crippen LogP contribution in [0, 0.1) is 17.3 Å². The quantitative estimate of drug-likeness (QED) is 0.760. The summed E-state index contributed by atoms with van der Waals surface area (Å²) in [4.78, 5) is 2.62. The third-order valence-electron chi connectivity index (χ3n) is 5.66. The molecule has 0 aromatic carbocycles. The zero-order valence-electron chi connectivity index (χ0n) is 14.3. The maximum Gasteiger partial charge on any atom is 0.0159 e. The second kappa shape index (κ2) is 7.26. The molecule has 1 N–H and O–H groups in total. The summed E-state index contributed by atoms with van der Waals surface area (Å²) in [6.07, 6.45) is 9.87. The van der Waals surface area contributed by atoms with Gasteiger partial charge in [0.25, 0.3) is 0 Å². The van der Waals surface area contributed by atoms with Crippen molar-refractivity contribution in [1.82, 2.24) is 10.2 Å². The highest BCUT2D eigenvalue weighted by molar-refractivity contribution is 4.94. The molecule has 0 aromatic heterocycles. The van der Waals surface area contributed by atoms with E-state index in [9.17, 15) is 0 Å². The lowest BCUT2D eigenvalue weighted by atomic mass is 9.67. The second-order valence-corrected chi connectivity index (χ2v) is 8.09.